The van der Waals surface area contributed by atoms with E-state index in [-0.39, 0.29) is 0 Å². The standard InChI is InChI=1S/C10H20N2/c1-8-5-10(6-8)12-4-2-3-9(11)7-12/h8-10H,2-7,11H2,1H3. The molecule has 0 radical (unpaired) electrons. The van der Waals surface area contributed by atoms with Gasteiger partial charge in [0.25, 0.3) is 0 Å². The lowest BCUT2D eigenvalue weighted by Crippen LogP contribution is -2.51. The first-order valence-corrected chi connectivity index (χ1v) is 5.25. The number of likely N-dealkylation sites (tertiary alicyclic amines) is 1. The van der Waals surface area contributed by atoms with Crippen LogP contribution in [0.2, 0.25) is 0 Å². The Bertz CT molecular complexity index is 152. The zero-order chi connectivity index (χ0) is 8.55. The number of hydrogen-bond donors (Lipinski definition) is 1. The lowest BCUT2D eigenvalue weighted by molar-refractivity contribution is 0.0624. The van der Waals surface area contributed by atoms with E-state index in [1.54, 1.807) is 0 Å². The lowest BCUT2D eigenvalue weighted by atomic mass is 9.80. The second-order valence-electron chi connectivity index (χ2n) is 4.63. The van der Waals surface area contributed by atoms with Crippen molar-refractivity contribution in [3.8, 4) is 0 Å². The third-order valence-corrected chi connectivity index (χ3v) is 3.35. The highest BCUT2D eigenvalue weighted by atomic mass is 15.2. The quantitative estimate of drug-likeness (QED) is 0.637. The van der Waals surface area contributed by atoms with Crippen molar-refractivity contribution >= 4 is 0 Å². The Hall–Kier alpha value is -0.0800. The van der Waals surface area contributed by atoms with Gasteiger partial charge in [-0.05, 0) is 38.1 Å². The van der Waals surface area contributed by atoms with Crippen molar-refractivity contribution in [1.82, 2.24) is 4.90 Å². The molecule has 1 aliphatic carbocycles. The SMILES string of the molecule is CC1CC(N2CCCC(N)C2)C1. The highest BCUT2D eigenvalue weighted by Crippen LogP contribution is 2.32. The van der Waals surface area contributed by atoms with E-state index >= 15 is 0 Å². The summed E-state index contributed by atoms with van der Waals surface area (Å²) < 4.78 is 0. The number of piperidine rings is 1. The van der Waals surface area contributed by atoms with Crippen molar-refractivity contribution in [3.05, 3.63) is 0 Å². The van der Waals surface area contributed by atoms with E-state index in [1.165, 1.54) is 32.2 Å². The molecule has 12 heavy (non-hydrogen) atoms. The molecule has 2 rings (SSSR count). The molecule has 0 bridgehead atoms. The summed E-state index contributed by atoms with van der Waals surface area (Å²) in [6, 6.07) is 1.33. The molecule has 1 unspecified atom stereocenters. The maximum Gasteiger partial charge on any atom is 0.0168 e. The lowest BCUT2D eigenvalue weighted by Gasteiger charge is -2.44. The highest BCUT2D eigenvalue weighted by molar-refractivity contribution is 4.88. The van der Waals surface area contributed by atoms with Gasteiger partial charge in [-0.1, -0.05) is 6.92 Å². The summed E-state index contributed by atoms with van der Waals surface area (Å²) in [5.74, 6) is 0.966. The van der Waals surface area contributed by atoms with Crippen molar-refractivity contribution in [2.75, 3.05) is 13.1 Å². The van der Waals surface area contributed by atoms with Gasteiger partial charge in [0.1, 0.15) is 0 Å². The van der Waals surface area contributed by atoms with Gasteiger partial charge in [-0.25, -0.2) is 0 Å². The van der Waals surface area contributed by atoms with Crippen LogP contribution in [0, 0.1) is 5.92 Å². The summed E-state index contributed by atoms with van der Waals surface area (Å²) in [5.41, 5.74) is 5.93. The van der Waals surface area contributed by atoms with Crippen LogP contribution in [0.25, 0.3) is 0 Å². The molecule has 0 aromatic carbocycles. The minimum Gasteiger partial charge on any atom is -0.327 e. The van der Waals surface area contributed by atoms with Gasteiger partial charge in [0, 0.05) is 18.6 Å². The summed E-state index contributed by atoms with van der Waals surface area (Å²) in [6.07, 6.45) is 5.37. The van der Waals surface area contributed by atoms with Gasteiger partial charge in [-0.3, -0.25) is 4.90 Å². The molecule has 0 aromatic heterocycles. The Morgan fingerprint density at radius 3 is 2.67 bits per heavy atom. The molecule has 1 aliphatic heterocycles. The van der Waals surface area contributed by atoms with Gasteiger partial charge in [0.2, 0.25) is 0 Å². The molecule has 1 atom stereocenters. The van der Waals surface area contributed by atoms with Crippen LogP contribution in [0.5, 0.6) is 0 Å². The Kier molecular flexibility index (Phi) is 2.37. The number of nitrogens with two attached hydrogens (primary N) is 1. The smallest absolute Gasteiger partial charge is 0.0168 e. The first-order chi connectivity index (χ1) is 5.75. The highest BCUT2D eigenvalue weighted by Gasteiger charge is 2.32. The van der Waals surface area contributed by atoms with Crippen molar-refractivity contribution in [2.24, 2.45) is 11.7 Å². The third kappa shape index (κ3) is 1.64. The zero-order valence-corrected chi connectivity index (χ0v) is 8.00. The molecule has 0 spiro atoms. The summed E-state index contributed by atoms with van der Waals surface area (Å²) in [6.45, 7) is 4.79. The molecule has 2 N–H and O–H groups in total. The second-order valence-corrected chi connectivity index (χ2v) is 4.63. The molecule has 2 aliphatic rings. The Morgan fingerprint density at radius 1 is 1.33 bits per heavy atom. The molecule has 1 saturated heterocycles. The maximum atomic E-state index is 5.93. The third-order valence-electron chi connectivity index (χ3n) is 3.35. The molecule has 0 aromatic rings. The summed E-state index contributed by atoms with van der Waals surface area (Å²) >= 11 is 0. The summed E-state index contributed by atoms with van der Waals surface area (Å²) in [7, 11) is 0. The molecule has 0 amide bonds. The largest absolute Gasteiger partial charge is 0.327 e. The Morgan fingerprint density at radius 2 is 2.08 bits per heavy atom. The van der Waals surface area contributed by atoms with Gasteiger partial charge >= 0.3 is 0 Å². The Labute approximate surface area is 75.1 Å². The predicted octanol–water partition coefficient (Wildman–Crippen LogP) is 1.21. The van der Waals surface area contributed by atoms with Gasteiger partial charge in [-0.15, -0.1) is 0 Å². The molecule has 1 saturated carbocycles. The molecular formula is C10H20N2. The fraction of sp³-hybridized carbons (Fsp3) is 1.00. The average molecular weight is 168 g/mol. The second kappa shape index (κ2) is 3.35. The minimum absolute atomic E-state index is 0.453. The summed E-state index contributed by atoms with van der Waals surface area (Å²) in [4.78, 5) is 2.61. The van der Waals surface area contributed by atoms with Gasteiger partial charge in [0.15, 0.2) is 0 Å². The van der Waals surface area contributed by atoms with Crippen molar-refractivity contribution < 1.29 is 0 Å². The first kappa shape index (κ1) is 8.52. The first-order valence-electron chi connectivity index (χ1n) is 5.25. The van der Waals surface area contributed by atoms with E-state index < -0.39 is 0 Å². The van der Waals surface area contributed by atoms with Crippen LogP contribution >= 0.6 is 0 Å². The van der Waals surface area contributed by atoms with E-state index in [1.807, 2.05) is 0 Å². The van der Waals surface area contributed by atoms with Crippen LogP contribution in [0.3, 0.4) is 0 Å². The number of rotatable bonds is 1. The maximum absolute atomic E-state index is 5.93. The molecule has 2 nitrogen and oxygen atoms in total. The fourth-order valence-corrected chi connectivity index (χ4v) is 2.53. The number of nitrogens with zero attached hydrogens (tertiary/aromatic N) is 1. The van der Waals surface area contributed by atoms with Crippen LogP contribution in [-0.4, -0.2) is 30.1 Å². The van der Waals surface area contributed by atoms with E-state index in [9.17, 15) is 0 Å². The van der Waals surface area contributed by atoms with E-state index in [2.05, 4.69) is 11.8 Å². The molecule has 2 heteroatoms. The van der Waals surface area contributed by atoms with E-state index in [0.717, 1.165) is 18.5 Å². The molecule has 2 fully saturated rings. The topological polar surface area (TPSA) is 29.3 Å². The van der Waals surface area contributed by atoms with Gasteiger partial charge in [-0.2, -0.15) is 0 Å². The van der Waals surface area contributed by atoms with Gasteiger partial charge < -0.3 is 5.73 Å². The van der Waals surface area contributed by atoms with Crippen LogP contribution < -0.4 is 5.73 Å². The fourth-order valence-electron chi connectivity index (χ4n) is 2.53. The van der Waals surface area contributed by atoms with Crippen LogP contribution in [0.1, 0.15) is 32.6 Å². The van der Waals surface area contributed by atoms with Crippen LogP contribution in [0.15, 0.2) is 0 Å². The normalized spacial score (nSPS) is 44.0. The van der Waals surface area contributed by atoms with E-state index in [4.69, 9.17) is 5.73 Å². The minimum atomic E-state index is 0.453. The van der Waals surface area contributed by atoms with Gasteiger partial charge in [0.05, 0.1) is 0 Å². The summed E-state index contributed by atoms with van der Waals surface area (Å²) in [5, 5.41) is 0. The molecule has 1 heterocycles. The van der Waals surface area contributed by atoms with Crippen LogP contribution in [0.4, 0.5) is 0 Å². The van der Waals surface area contributed by atoms with Crippen molar-refractivity contribution in [3.63, 3.8) is 0 Å². The van der Waals surface area contributed by atoms with Crippen LogP contribution in [-0.2, 0) is 0 Å². The molecular weight excluding hydrogens is 148 g/mol. The van der Waals surface area contributed by atoms with Crippen molar-refractivity contribution in [2.45, 2.75) is 44.7 Å². The monoisotopic (exact) mass is 168 g/mol. The zero-order valence-electron chi connectivity index (χ0n) is 8.00. The van der Waals surface area contributed by atoms with Crippen molar-refractivity contribution in [1.29, 1.82) is 0 Å². The number of hydrogen-bond acceptors (Lipinski definition) is 2. The molecule has 70 valence electrons. The van der Waals surface area contributed by atoms with E-state index in [0.29, 0.717) is 6.04 Å². The average Bonchev–Trinajstić information content (AvgIpc) is 1.99. The Balaban J connectivity index is 1.80. The predicted molar refractivity (Wildman–Crippen MR) is 51.0 cm³/mol.